The maximum atomic E-state index is 14.1. The zero-order chi connectivity index (χ0) is 56.7. The summed E-state index contributed by atoms with van der Waals surface area (Å²) in [5, 5.41) is 33.0. The van der Waals surface area contributed by atoms with E-state index >= 15 is 0 Å². The molecule has 0 amide bonds. The minimum Gasteiger partial charge on any atom is -0.387 e. The highest BCUT2D eigenvalue weighted by Gasteiger charge is 2.55. The van der Waals surface area contributed by atoms with Crippen LogP contribution in [0.4, 0.5) is 11.9 Å². The number of fused-ring (bicyclic) bond motifs is 3. The normalized spacial score (nSPS) is 29.9. The highest BCUT2D eigenvalue weighted by Crippen LogP contribution is 2.68. The van der Waals surface area contributed by atoms with Crippen molar-refractivity contribution in [3.05, 3.63) is 55.9 Å². The maximum Gasteiger partial charge on any atom is 0.490 e. The minimum absolute atomic E-state index is 0.0286. The first kappa shape index (κ1) is 57.5. The molecular formula is C35H49N14O25P4+. The van der Waals surface area contributed by atoms with Gasteiger partial charge in [-0.3, -0.25) is 56.1 Å². The fraction of sp³-hybridized carbons (Fsp3) is 0.571. The highest BCUT2D eigenvalue weighted by atomic mass is 31.3. The van der Waals surface area contributed by atoms with Gasteiger partial charge < -0.3 is 75.0 Å². The number of phosphoric ester groups is 3. The van der Waals surface area contributed by atoms with Gasteiger partial charge >= 0.3 is 36.9 Å². The Balaban J connectivity index is 0.906. The molecule has 9 heterocycles. The zero-order valence-corrected chi connectivity index (χ0v) is 44.2. The van der Waals surface area contributed by atoms with Crippen molar-refractivity contribution in [1.29, 1.82) is 0 Å². The van der Waals surface area contributed by atoms with Crippen LogP contribution in [0.5, 0.6) is 0 Å². The van der Waals surface area contributed by atoms with Crippen LogP contribution in [-0.4, -0.2) is 170 Å². The molecule has 7 unspecified atom stereocenters. The molecule has 3 aliphatic rings. The second-order valence-corrected chi connectivity index (χ2v) is 23.7. The molecule has 3 aliphatic heterocycles. The van der Waals surface area contributed by atoms with Gasteiger partial charge in [0.15, 0.2) is 47.4 Å². The van der Waals surface area contributed by atoms with Gasteiger partial charge in [0.2, 0.25) is 17.7 Å². The molecule has 0 aromatic carbocycles. The van der Waals surface area contributed by atoms with Gasteiger partial charge in [-0.25, -0.2) is 37.8 Å². The number of hydrogen-bond donors (Lipinski definition) is 12. The van der Waals surface area contributed by atoms with E-state index in [2.05, 4.69) is 48.5 Å². The van der Waals surface area contributed by atoms with Crippen molar-refractivity contribution in [3.63, 3.8) is 0 Å². The number of aryl methyl sites for hydroxylation is 2. The topological polar surface area (TPSA) is 545 Å². The van der Waals surface area contributed by atoms with Crippen molar-refractivity contribution in [3.8, 4) is 0 Å². The number of phosphoric acid groups is 4. The first-order valence-electron chi connectivity index (χ1n) is 22.5. The van der Waals surface area contributed by atoms with Gasteiger partial charge in [-0.2, -0.15) is 13.6 Å². The fourth-order valence-corrected chi connectivity index (χ4v) is 13.3. The molecule has 428 valence electrons. The van der Waals surface area contributed by atoms with E-state index in [0.29, 0.717) is 0 Å². The number of aromatic nitrogens is 12. The van der Waals surface area contributed by atoms with E-state index < -0.39 is 147 Å². The number of aliphatic hydroxyl groups excluding tert-OH is 3. The molecule has 6 aromatic heterocycles. The van der Waals surface area contributed by atoms with Crippen LogP contribution in [0.3, 0.4) is 0 Å². The molecule has 16 atom stereocenters. The van der Waals surface area contributed by atoms with Gasteiger partial charge in [0.1, 0.15) is 54.7 Å². The van der Waals surface area contributed by atoms with Crippen LogP contribution in [0, 0.1) is 6.92 Å². The lowest BCUT2D eigenvalue weighted by Crippen LogP contribution is -2.46. The molecule has 3 saturated heterocycles. The number of aliphatic hydroxyl groups is 3. The Kier molecular flexibility index (Phi) is 15.8. The summed E-state index contributed by atoms with van der Waals surface area (Å²) in [6.07, 6.45) is -18.2. The van der Waals surface area contributed by atoms with E-state index in [1.807, 2.05) is 0 Å². The van der Waals surface area contributed by atoms with Crippen molar-refractivity contribution in [2.75, 3.05) is 31.8 Å². The van der Waals surface area contributed by atoms with Gasteiger partial charge in [0.05, 0.1) is 39.0 Å². The van der Waals surface area contributed by atoms with Crippen LogP contribution >= 0.6 is 31.3 Å². The van der Waals surface area contributed by atoms with Crippen LogP contribution in [0.2, 0.25) is 0 Å². The van der Waals surface area contributed by atoms with Crippen LogP contribution in [0.1, 0.15) is 38.4 Å². The molecule has 0 bridgehead atoms. The number of ether oxygens (including phenoxy) is 5. The zero-order valence-electron chi connectivity index (χ0n) is 40.6. The van der Waals surface area contributed by atoms with Crippen molar-refractivity contribution >= 4 is 76.7 Å². The van der Waals surface area contributed by atoms with Gasteiger partial charge in [-0.1, -0.05) is 4.98 Å². The second-order valence-electron chi connectivity index (χ2n) is 17.7. The molecule has 43 heteroatoms. The Labute approximate surface area is 432 Å². The number of nitrogens with one attached hydrogen (secondary N) is 3. The van der Waals surface area contributed by atoms with Crippen LogP contribution in [-0.2, 0) is 75.7 Å². The number of imidazole rings is 3. The van der Waals surface area contributed by atoms with E-state index in [9.17, 15) is 67.5 Å². The summed E-state index contributed by atoms with van der Waals surface area (Å²) in [5.41, 5.74) is 8.43. The number of rotatable bonds is 20. The van der Waals surface area contributed by atoms with E-state index in [1.54, 1.807) is 13.8 Å². The van der Waals surface area contributed by atoms with Gasteiger partial charge in [-0.05, 0) is 20.8 Å². The molecular weight excluding hydrogens is 1140 g/mol. The average Bonchev–Trinajstić information content (AvgIpc) is 4.28. The number of nitrogens with two attached hydrogens (primary N) is 2. The van der Waals surface area contributed by atoms with Crippen molar-refractivity contribution in [2.24, 2.45) is 7.05 Å². The average molecular weight is 1190 g/mol. The predicted octanol–water partition coefficient (Wildman–Crippen LogP) is -3.30. The summed E-state index contributed by atoms with van der Waals surface area (Å²) >= 11 is 0. The third-order valence-corrected chi connectivity index (χ3v) is 17.1. The van der Waals surface area contributed by atoms with Gasteiger partial charge in [0, 0.05) is 7.11 Å². The molecule has 0 spiro atoms. The number of H-pyrrole nitrogens is 3. The molecule has 3 fully saturated rings. The quantitative estimate of drug-likeness (QED) is 0.0263. The molecule has 9 rings (SSSR count). The summed E-state index contributed by atoms with van der Waals surface area (Å²) in [7, 11) is -21.3. The smallest absolute Gasteiger partial charge is 0.387 e. The molecule has 0 radical (unpaired) electrons. The number of nitrogens with zero attached hydrogens (tertiary/aromatic N) is 9. The summed E-state index contributed by atoms with van der Waals surface area (Å²) in [4.78, 5) is 108. The SMILES string of the molecule is CO[C@H]1C(OP(=O)(O)O[C@H]2O[C@@H](n3cnc4c(=O)[nH]c(C)nc43)[C@@H](O)C2OC(C)C)[C@@H](COP(=O)(O)OP(=O)(O)OP(=O)(O)OC[C@H]2O[C@@H]([n+]3cn(C)c4c(=O)[nH]c(N)nc43)C(O)[C@H]2O)O[C@H]1n1cnc2c(=O)[nH]c(N)nc21. The highest BCUT2D eigenvalue weighted by molar-refractivity contribution is 7.66. The van der Waals surface area contributed by atoms with Crippen LogP contribution < -0.4 is 32.7 Å². The van der Waals surface area contributed by atoms with Crippen LogP contribution in [0.15, 0.2) is 33.4 Å². The van der Waals surface area contributed by atoms with E-state index in [0.717, 1.165) is 33.5 Å². The van der Waals surface area contributed by atoms with Crippen molar-refractivity contribution < 1.29 is 108 Å². The Morgan fingerprint density at radius 2 is 1.28 bits per heavy atom. The standard InChI is InChI=1S/C35H48N14O25P4/c1-11(2)67-22-20(52)31(47-8-38-15-24(47)40-12(3)41-27(15)53)70-33(22)72-77(60,61)71-21-14(69-32(23(21)64-5)48-9-39-16-25(48)42-34(36)44-28(16)54)7-66-76(58,59)74-78(62,63)73-75(56,57)65-6-13-18(50)19(51)30(68-13)49-10-46(4)17-26(49)43-35(37)45-29(17)55/h8-11,13-14,18-23,30-33,50-52H,6-7H2,1-5H3,(H10-,36,37,40,41,42,43,44,45,53,54,55,56,57,58,59,60,61,62,63)/p+1/t13-,14-,18+,19?,20+,21?,22?,23+,30-,31-,32-,33-/m1/s1. The monoisotopic (exact) mass is 1190 g/mol. The van der Waals surface area contributed by atoms with Crippen molar-refractivity contribution in [2.45, 2.75) is 101 Å². The lowest BCUT2D eigenvalue weighted by Gasteiger charge is -2.28. The number of hydrogen-bond acceptors (Lipinski definition) is 28. The van der Waals surface area contributed by atoms with E-state index in [4.69, 9.17) is 53.2 Å². The molecule has 39 nitrogen and oxygen atoms in total. The number of anilines is 2. The Hall–Kier alpha value is -5.15. The number of nitrogen functional groups attached to an aromatic ring is 2. The third-order valence-electron chi connectivity index (χ3n) is 11.8. The van der Waals surface area contributed by atoms with Crippen LogP contribution in [0.25, 0.3) is 33.5 Å². The first-order valence-corrected chi connectivity index (χ1v) is 28.4. The maximum absolute atomic E-state index is 14.1. The predicted molar refractivity (Wildman–Crippen MR) is 251 cm³/mol. The molecule has 0 saturated carbocycles. The second kappa shape index (κ2) is 21.4. The molecule has 6 aromatic rings. The first-order chi connectivity index (χ1) is 36.5. The third kappa shape index (κ3) is 11.6. The summed E-state index contributed by atoms with van der Waals surface area (Å²) in [6, 6.07) is 0. The van der Waals surface area contributed by atoms with Gasteiger partial charge in [-0.15, -0.1) is 0 Å². The summed E-state index contributed by atoms with van der Waals surface area (Å²) < 4.78 is 116. The van der Waals surface area contributed by atoms with E-state index in [1.165, 1.54) is 24.9 Å². The Morgan fingerprint density at radius 1 is 0.705 bits per heavy atom. The Bertz CT molecular complexity index is 3640. The minimum atomic E-state index is -6.24. The Morgan fingerprint density at radius 3 is 1.91 bits per heavy atom. The van der Waals surface area contributed by atoms with Crippen molar-refractivity contribution in [1.82, 2.24) is 53.6 Å². The molecule has 78 heavy (non-hydrogen) atoms. The fourth-order valence-electron chi connectivity index (χ4n) is 8.71. The van der Waals surface area contributed by atoms with E-state index in [-0.39, 0.29) is 45.3 Å². The number of aromatic amines is 3. The van der Waals surface area contributed by atoms with Gasteiger partial charge in [0.25, 0.3) is 22.6 Å². The largest absolute Gasteiger partial charge is 0.490 e. The summed E-state index contributed by atoms with van der Waals surface area (Å²) in [6.45, 7) is 2.10. The number of methoxy groups -OCH3 is 1. The molecule has 14 N–H and O–H groups in total. The molecule has 0 aliphatic carbocycles. The lowest BCUT2D eigenvalue weighted by atomic mass is 10.1. The lowest BCUT2D eigenvalue weighted by molar-refractivity contribution is -0.745. The summed E-state index contributed by atoms with van der Waals surface area (Å²) in [5.74, 6) is -0.554.